The maximum absolute atomic E-state index is 12.3. The average Bonchev–Trinajstić information content (AvgIpc) is 2.96. The van der Waals surface area contributed by atoms with Crippen molar-refractivity contribution in [1.82, 2.24) is 9.13 Å². The van der Waals surface area contributed by atoms with Crippen molar-refractivity contribution in [2.75, 3.05) is 6.79 Å². The van der Waals surface area contributed by atoms with Crippen LogP contribution in [0, 0.1) is 0 Å². The highest BCUT2D eigenvalue weighted by atomic mass is 16.7. The van der Waals surface area contributed by atoms with E-state index in [1.807, 2.05) is 19.9 Å². The van der Waals surface area contributed by atoms with E-state index >= 15 is 0 Å². The molecule has 2 heterocycles. The molecule has 0 saturated heterocycles. The van der Waals surface area contributed by atoms with Crippen LogP contribution in [-0.2, 0) is 6.54 Å². The van der Waals surface area contributed by atoms with E-state index in [-0.39, 0.29) is 6.79 Å². The Morgan fingerprint density at radius 3 is 2.68 bits per heavy atom. The van der Waals surface area contributed by atoms with Crippen LogP contribution in [0.25, 0.3) is 5.69 Å². The van der Waals surface area contributed by atoms with Crippen molar-refractivity contribution in [3.05, 3.63) is 62.9 Å². The van der Waals surface area contributed by atoms with E-state index in [1.165, 1.54) is 9.13 Å². The van der Waals surface area contributed by atoms with Gasteiger partial charge in [-0.1, -0.05) is 11.6 Å². The monoisotopic (exact) mass is 300 g/mol. The minimum atomic E-state index is -0.594. The van der Waals surface area contributed by atoms with Gasteiger partial charge in [0.1, 0.15) is 0 Å². The largest absolute Gasteiger partial charge is 0.454 e. The molecule has 0 N–H and O–H groups in total. The van der Waals surface area contributed by atoms with E-state index < -0.39 is 11.1 Å². The highest BCUT2D eigenvalue weighted by Crippen LogP contribution is 2.33. The summed E-state index contributed by atoms with van der Waals surface area (Å²) < 4.78 is 13.2. The predicted molar refractivity (Wildman–Crippen MR) is 81.9 cm³/mol. The van der Waals surface area contributed by atoms with Gasteiger partial charge in [-0.2, -0.15) is 0 Å². The summed E-state index contributed by atoms with van der Waals surface area (Å²) >= 11 is 0. The first-order chi connectivity index (χ1) is 10.6. The van der Waals surface area contributed by atoms with Crippen molar-refractivity contribution in [2.24, 2.45) is 0 Å². The summed E-state index contributed by atoms with van der Waals surface area (Å²) in [6, 6.07) is 5.12. The van der Waals surface area contributed by atoms with Gasteiger partial charge in [-0.25, -0.2) is 0 Å². The van der Waals surface area contributed by atoms with Gasteiger partial charge in [-0.3, -0.25) is 14.2 Å². The molecule has 1 aliphatic heterocycles. The molecule has 6 nitrogen and oxygen atoms in total. The summed E-state index contributed by atoms with van der Waals surface area (Å²) in [5.74, 6) is 1.20. The van der Waals surface area contributed by atoms with Crippen molar-refractivity contribution < 1.29 is 9.47 Å². The molecule has 2 aromatic rings. The number of allylic oxidation sites excluding steroid dienone is 2. The first kappa shape index (κ1) is 14.2. The van der Waals surface area contributed by atoms with E-state index in [0.29, 0.717) is 23.7 Å². The molecule has 0 unspecified atom stereocenters. The summed E-state index contributed by atoms with van der Waals surface area (Å²) in [6.07, 6.45) is 5.08. The zero-order valence-electron chi connectivity index (χ0n) is 12.4. The molecule has 22 heavy (non-hydrogen) atoms. The van der Waals surface area contributed by atoms with Crippen molar-refractivity contribution in [2.45, 2.75) is 20.4 Å². The van der Waals surface area contributed by atoms with Gasteiger partial charge in [-0.15, -0.1) is 0 Å². The number of rotatable bonds is 3. The Morgan fingerprint density at radius 1 is 1.14 bits per heavy atom. The van der Waals surface area contributed by atoms with Crippen LogP contribution in [0.2, 0.25) is 0 Å². The summed E-state index contributed by atoms with van der Waals surface area (Å²) in [5, 5.41) is 0. The molecule has 6 heteroatoms. The van der Waals surface area contributed by atoms with Gasteiger partial charge < -0.3 is 14.0 Å². The molecule has 0 fully saturated rings. The molecule has 1 aromatic heterocycles. The molecule has 0 saturated carbocycles. The lowest BCUT2D eigenvalue weighted by Gasteiger charge is -2.08. The molecule has 3 rings (SSSR count). The Hall–Kier alpha value is -2.76. The summed E-state index contributed by atoms with van der Waals surface area (Å²) in [4.78, 5) is 24.4. The third-order valence-electron chi connectivity index (χ3n) is 3.39. The Labute approximate surface area is 126 Å². The zero-order valence-corrected chi connectivity index (χ0v) is 12.4. The van der Waals surface area contributed by atoms with E-state index in [2.05, 4.69) is 0 Å². The van der Waals surface area contributed by atoms with Crippen LogP contribution in [0.5, 0.6) is 11.5 Å². The van der Waals surface area contributed by atoms with Crippen LogP contribution in [-0.4, -0.2) is 15.9 Å². The van der Waals surface area contributed by atoms with Crippen molar-refractivity contribution in [1.29, 1.82) is 0 Å². The van der Waals surface area contributed by atoms with Gasteiger partial charge in [0.05, 0.1) is 5.69 Å². The maximum atomic E-state index is 12.3. The standard InChI is InChI=1S/C16H16N2O4/c1-11(2)5-6-17-7-8-18(16(20)15(17)19)12-3-4-13-14(9-12)22-10-21-13/h3-5,7-9H,6,10H2,1-2H3. The molecule has 0 amide bonds. The number of nitrogens with zero attached hydrogens (tertiary/aromatic N) is 2. The molecule has 0 radical (unpaired) electrons. The second kappa shape index (κ2) is 5.55. The number of hydrogen-bond acceptors (Lipinski definition) is 4. The second-order valence-electron chi connectivity index (χ2n) is 5.25. The van der Waals surface area contributed by atoms with Crippen molar-refractivity contribution >= 4 is 0 Å². The number of fused-ring (bicyclic) bond motifs is 1. The zero-order chi connectivity index (χ0) is 15.7. The molecule has 1 aromatic carbocycles. The van der Waals surface area contributed by atoms with Crippen molar-refractivity contribution in [3.63, 3.8) is 0 Å². The number of hydrogen-bond donors (Lipinski definition) is 0. The number of benzene rings is 1. The van der Waals surface area contributed by atoms with Gasteiger partial charge in [0.2, 0.25) is 6.79 Å². The fourth-order valence-electron chi connectivity index (χ4n) is 2.17. The maximum Gasteiger partial charge on any atom is 0.320 e. The molecular weight excluding hydrogens is 284 g/mol. The van der Waals surface area contributed by atoms with Crippen LogP contribution in [0.3, 0.4) is 0 Å². The SMILES string of the molecule is CC(C)=CCn1ccn(-c2ccc3c(c2)OCO3)c(=O)c1=O. The predicted octanol–water partition coefficient (Wildman–Crippen LogP) is 1.69. The normalized spacial score (nSPS) is 12.3. The Bertz CT molecular complexity index is 857. The summed E-state index contributed by atoms with van der Waals surface area (Å²) in [5.41, 5.74) is 0.508. The lowest BCUT2D eigenvalue weighted by Crippen LogP contribution is -2.39. The van der Waals surface area contributed by atoms with E-state index in [0.717, 1.165) is 5.57 Å². The highest BCUT2D eigenvalue weighted by molar-refractivity contribution is 5.49. The quantitative estimate of drug-likeness (QED) is 0.639. The first-order valence-electron chi connectivity index (χ1n) is 6.92. The highest BCUT2D eigenvalue weighted by Gasteiger charge is 2.15. The first-order valence-corrected chi connectivity index (χ1v) is 6.92. The van der Waals surface area contributed by atoms with Crippen LogP contribution in [0.1, 0.15) is 13.8 Å². The smallest absolute Gasteiger partial charge is 0.320 e. The average molecular weight is 300 g/mol. The molecule has 0 atom stereocenters. The van der Waals surface area contributed by atoms with Gasteiger partial charge >= 0.3 is 11.1 Å². The third-order valence-corrected chi connectivity index (χ3v) is 3.39. The lowest BCUT2D eigenvalue weighted by molar-refractivity contribution is 0.174. The van der Waals surface area contributed by atoms with Gasteiger partial charge in [0.15, 0.2) is 11.5 Å². The van der Waals surface area contributed by atoms with Gasteiger partial charge in [0, 0.05) is 25.0 Å². The molecule has 114 valence electrons. The topological polar surface area (TPSA) is 62.5 Å². The molecule has 1 aliphatic rings. The second-order valence-corrected chi connectivity index (χ2v) is 5.25. The van der Waals surface area contributed by atoms with E-state index in [9.17, 15) is 9.59 Å². The Balaban J connectivity index is 2.02. The fraction of sp³-hybridized carbons (Fsp3) is 0.250. The molecule has 0 bridgehead atoms. The summed E-state index contributed by atoms with van der Waals surface area (Å²) in [7, 11) is 0. The Morgan fingerprint density at radius 2 is 1.91 bits per heavy atom. The Kier molecular flexibility index (Phi) is 3.58. The van der Waals surface area contributed by atoms with Crippen LogP contribution < -0.4 is 20.6 Å². The van der Waals surface area contributed by atoms with Crippen LogP contribution in [0.15, 0.2) is 51.8 Å². The fourth-order valence-corrected chi connectivity index (χ4v) is 2.17. The molecular formula is C16H16N2O4. The molecule has 0 spiro atoms. The van der Waals surface area contributed by atoms with Gasteiger partial charge in [0.25, 0.3) is 0 Å². The van der Waals surface area contributed by atoms with Gasteiger partial charge in [-0.05, 0) is 26.0 Å². The van der Waals surface area contributed by atoms with E-state index in [1.54, 1.807) is 30.6 Å². The number of ether oxygens (including phenoxy) is 2. The molecule has 0 aliphatic carbocycles. The number of aromatic nitrogens is 2. The van der Waals surface area contributed by atoms with Crippen molar-refractivity contribution in [3.8, 4) is 17.2 Å². The third kappa shape index (κ3) is 2.55. The lowest BCUT2D eigenvalue weighted by atomic mass is 10.2. The summed E-state index contributed by atoms with van der Waals surface area (Å²) in [6.45, 7) is 4.44. The minimum Gasteiger partial charge on any atom is -0.454 e. The van der Waals surface area contributed by atoms with Crippen LogP contribution >= 0.6 is 0 Å². The minimum absolute atomic E-state index is 0.165. The van der Waals surface area contributed by atoms with Crippen LogP contribution in [0.4, 0.5) is 0 Å². The van der Waals surface area contributed by atoms with E-state index in [4.69, 9.17) is 9.47 Å².